The van der Waals surface area contributed by atoms with Crippen LogP contribution in [0.15, 0.2) is 18.2 Å². The highest BCUT2D eigenvalue weighted by Gasteiger charge is 2.24. The SMILES string of the molecule is COc1cc(C(C)NC(=O)NC2CCCNC2=O)ccc1OC(C)C. The maximum Gasteiger partial charge on any atom is 0.315 e. The molecule has 1 aliphatic heterocycles. The highest BCUT2D eigenvalue weighted by atomic mass is 16.5. The summed E-state index contributed by atoms with van der Waals surface area (Å²) in [6.07, 6.45) is 1.56. The third kappa shape index (κ3) is 5.27. The number of hydrogen-bond acceptors (Lipinski definition) is 4. The Labute approximate surface area is 148 Å². The summed E-state index contributed by atoms with van der Waals surface area (Å²) in [6.45, 7) is 6.43. The standard InChI is InChI=1S/C18H27N3O4/c1-11(2)25-15-8-7-13(10-16(15)24-4)12(3)20-18(23)21-14-6-5-9-19-17(14)22/h7-8,10-12,14H,5-6,9H2,1-4H3,(H,19,22)(H2,20,21,23). The second kappa shape index (κ2) is 8.60. The van der Waals surface area contributed by atoms with Crippen molar-refractivity contribution in [3.8, 4) is 11.5 Å². The first-order valence-corrected chi connectivity index (χ1v) is 8.60. The van der Waals surface area contributed by atoms with Crippen molar-refractivity contribution in [3.63, 3.8) is 0 Å². The molecule has 138 valence electrons. The lowest BCUT2D eigenvalue weighted by atomic mass is 10.1. The number of nitrogens with one attached hydrogen (secondary N) is 3. The number of carbonyl (C=O) groups is 2. The fourth-order valence-corrected chi connectivity index (χ4v) is 2.69. The molecule has 1 aromatic carbocycles. The fourth-order valence-electron chi connectivity index (χ4n) is 2.69. The van der Waals surface area contributed by atoms with Gasteiger partial charge in [0.25, 0.3) is 0 Å². The van der Waals surface area contributed by atoms with E-state index in [-0.39, 0.29) is 24.1 Å². The van der Waals surface area contributed by atoms with Crippen LogP contribution in [0.4, 0.5) is 4.79 Å². The summed E-state index contributed by atoms with van der Waals surface area (Å²) >= 11 is 0. The van der Waals surface area contributed by atoms with E-state index in [1.807, 2.05) is 39.0 Å². The average molecular weight is 349 g/mol. The number of urea groups is 1. The van der Waals surface area contributed by atoms with Gasteiger partial charge in [0.1, 0.15) is 6.04 Å². The molecule has 0 aromatic heterocycles. The van der Waals surface area contributed by atoms with Crippen LogP contribution in [0, 0.1) is 0 Å². The van der Waals surface area contributed by atoms with E-state index in [0.717, 1.165) is 12.0 Å². The number of hydrogen-bond donors (Lipinski definition) is 3. The molecular weight excluding hydrogens is 322 g/mol. The van der Waals surface area contributed by atoms with Gasteiger partial charge in [-0.05, 0) is 51.3 Å². The van der Waals surface area contributed by atoms with Crippen molar-refractivity contribution in [1.82, 2.24) is 16.0 Å². The Morgan fingerprint density at radius 3 is 2.68 bits per heavy atom. The van der Waals surface area contributed by atoms with Gasteiger partial charge in [-0.3, -0.25) is 4.79 Å². The molecule has 1 fully saturated rings. The van der Waals surface area contributed by atoms with Gasteiger partial charge in [0.05, 0.1) is 19.3 Å². The van der Waals surface area contributed by atoms with Gasteiger partial charge in [0, 0.05) is 6.54 Å². The smallest absolute Gasteiger partial charge is 0.315 e. The van der Waals surface area contributed by atoms with Crippen molar-refractivity contribution in [1.29, 1.82) is 0 Å². The summed E-state index contributed by atoms with van der Waals surface area (Å²) in [5.41, 5.74) is 0.885. The number of carbonyl (C=O) groups excluding carboxylic acids is 2. The lowest BCUT2D eigenvalue weighted by Gasteiger charge is -2.24. The molecule has 1 heterocycles. The largest absolute Gasteiger partial charge is 0.493 e. The van der Waals surface area contributed by atoms with Crippen LogP contribution in [0.5, 0.6) is 11.5 Å². The third-order valence-electron chi connectivity index (χ3n) is 3.99. The van der Waals surface area contributed by atoms with E-state index in [4.69, 9.17) is 9.47 Å². The van der Waals surface area contributed by atoms with Crippen molar-refractivity contribution < 1.29 is 19.1 Å². The summed E-state index contributed by atoms with van der Waals surface area (Å²) in [5.74, 6) is 1.15. The van der Waals surface area contributed by atoms with Gasteiger partial charge < -0.3 is 25.4 Å². The van der Waals surface area contributed by atoms with Crippen LogP contribution >= 0.6 is 0 Å². The molecule has 0 bridgehead atoms. The molecular formula is C18H27N3O4. The normalized spacial score (nSPS) is 18.3. The molecule has 3 amide bonds. The van der Waals surface area contributed by atoms with Gasteiger partial charge in [0.15, 0.2) is 11.5 Å². The molecule has 1 aliphatic rings. The van der Waals surface area contributed by atoms with Gasteiger partial charge in [0.2, 0.25) is 5.91 Å². The zero-order valence-corrected chi connectivity index (χ0v) is 15.2. The molecule has 7 heteroatoms. The Kier molecular flexibility index (Phi) is 6.50. The van der Waals surface area contributed by atoms with Crippen molar-refractivity contribution >= 4 is 11.9 Å². The molecule has 25 heavy (non-hydrogen) atoms. The van der Waals surface area contributed by atoms with Crippen LogP contribution in [-0.4, -0.2) is 37.7 Å². The average Bonchev–Trinajstić information content (AvgIpc) is 2.56. The first-order valence-electron chi connectivity index (χ1n) is 8.60. The Morgan fingerprint density at radius 1 is 1.28 bits per heavy atom. The quantitative estimate of drug-likeness (QED) is 0.734. The molecule has 1 aromatic rings. The number of amides is 3. The van der Waals surface area contributed by atoms with E-state index < -0.39 is 6.04 Å². The highest BCUT2D eigenvalue weighted by molar-refractivity contribution is 5.87. The first-order chi connectivity index (χ1) is 11.9. The number of methoxy groups -OCH3 is 1. The Morgan fingerprint density at radius 2 is 2.04 bits per heavy atom. The summed E-state index contributed by atoms with van der Waals surface area (Å²) in [5, 5.41) is 8.31. The number of piperidine rings is 1. The van der Waals surface area contributed by atoms with Crippen LogP contribution in [-0.2, 0) is 4.79 Å². The van der Waals surface area contributed by atoms with Crippen molar-refractivity contribution in [2.24, 2.45) is 0 Å². The Balaban J connectivity index is 1.98. The van der Waals surface area contributed by atoms with Gasteiger partial charge >= 0.3 is 6.03 Å². The summed E-state index contributed by atoms with van der Waals surface area (Å²) in [7, 11) is 1.58. The van der Waals surface area contributed by atoms with Crippen LogP contribution in [0.1, 0.15) is 45.2 Å². The Bertz CT molecular complexity index is 618. The number of rotatable bonds is 6. The van der Waals surface area contributed by atoms with Crippen molar-refractivity contribution in [2.45, 2.75) is 51.8 Å². The molecule has 0 radical (unpaired) electrons. The molecule has 3 N–H and O–H groups in total. The second-order valence-electron chi connectivity index (χ2n) is 6.40. The topological polar surface area (TPSA) is 88.7 Å². The van der Waals surface area contributed by atoms with Crippen LogP contribution in [0.2, 0.25) is 0 Å². The minimum absolute atomic E-state index is 0.0442. The van der Waals surface area contributed by atoms with Gasteiger partial charge in [-0.1, -0.05) is 6.07 Å². The molecule has 0 aliphatic carbocycles. The molecule has 0 saturated carbocycles. The maximum absolute atomic E-state index is 12.1. The Hall–Kier alpha value is -2.44. The van der Waals surface area contributed by atoms with E-state index >= 15 is 0 Å². The van der Waals surface area contributed by atoms with Crippen molar-refractivity contribution in [3.05, 3.63) is 23.8 Å². The first kappa shape index (κ1) is 18.9. The molecule has 2 rings (SSSR count). The van der Waals surface area contributed by atoms with Gasteiger partial charge in [-0.2, -0.15) is 0 Å². The van der Waals surface area contributed by atoms with Gasteiger partial charge in [-0.25, -0.2) is 4.79 Å². The van der Waals surface area contributed by atoms with E-state index in [1.165, 1.54) is 0 Å². The van der Waals surface area contributed by atoms with Crippen molar-refractivity contribution in [2.75, 3.05) is 13.7 Å². The third-order valence-corrected chi connectivity index (χ3v) is 3.99. The highest BCUT2D eigenvalue weighted by Crippen LogP contribution is 2.31. The molecule has 2 unspecified atom stereocenters. The lowest BCUT2D eigenvalue weighted by molar-refractivity contribution is -0.124. The maximum atomic E-state index is 12.1. The van der Waals surface area contributed by atoms with E-state index in [2.05, 4.69) is 16.0 Å². The van der Waals surface area contributed by atoms with Gasteiger partial charge in [-0.15, -0.1) is 0 Å². The zero-order valence-electron chi connectivity index (χ0n) is 15.2. The summed E-state index contributed by atoms with van der Waals surface area (Å²) in [6, 6.07) is 4.48. The number of benzene rings is 1. The summed E-state index contributed by atoms with van der Waals surface area (Å²) < 4.78 is 11.1. The zero-order chi connectivity index (χ0) is 18.4. The fraction of sp³-hybridized carbons (Fsp3) is 0.556. The molecule has 2 atom stereocenters. The number of ether oxygens (including phenoxy) is 2. The van der Waals surface area contributed by atoms with Crippen LogP contribution < -0.4 is 25.4 Å². The predicted molar refractivity (Wildman–Crippen MR) is 94.9 cm³/mol. The molecule has 7 nitrogen and oxygen atoms in total. The van der Waals surface area contributed by atoms with E-state index in [1.54, 1.807) is 7.11 Å². The van der Waals surface area contributed by atoms with Crippen LogP contribution in [0.25, 0.3) is 0 Å². The summed E-state index contributed by atoms with van der Waals surface area (Å²) in [4.78, 5) is 23.9. The second-order valence-corrected chi connectivity index (χ2v) is 6.40. The predicted octanol–water partition coefficient (Wildman–Crippen LogP) is 2.12. The molecule has 0 spiro atoms. The minimum Gasteiger partial charge on any atom is -0.493 e. The van der Waals surface area contributed by atoms with E-state index in [9.17, 15) is 9.59 Å². The minimum atomic E-state index is -0.475. The van der Waals surface area contributed by atoms with Crippen LogP contribution in [0.3, 0.4) is 0 Å². The molecule has 1 saturated heterocycles. The van der Waals surface area contributed by atoms with E-state index in [0.29, 0.717) is 24.5 Å². The lowest BCUT2D eigenvalue weighted by Crippen LogP contribution is -2.52. The monoisotopic (exact) mass is 349 g/mol.